The van der Waals surface area contributed by atoms with Gasteiger partial charge in [0.05, 0.1) is 0 Å². The van der Waals surface area contributed by atoms with Crippen LogP contribution >= 0.6 is 0 Å². The van der Waals surface area contributed by atoms with E-state index in [0.29, 0.717) is 30.6 Å². The maximum absolute atomic E-state index is 11.8. The molecule has 4 aliphatic carbocycles. The van der Waals surface area contributed by atoms with Gasteiger partial charge in [0.25, 0.3) is 0 Å². The molecule has 0 aromatic carbocycles. The number of carbonyl (C=O) groups excluding carboxylic acids is 1. The Balaban J connectivity index is 1.66. The van der Waals surface area contributed by atoms with Crippen molar-refractivity contribution in [2.45, 2.75) is 63.9 Å². The largest absolute Gasteiger partial charge is 0.725 e. The average Bonchev–Trinajstić information content (AvgIpc) is 2.86. The molecule has 0 spiro atoms. The van der Waals surface area contributed by atoms with Crippen molar-refractivity contribution in [2.75, 3.05) is 0 Å². The molecule has 0 amide bonds. The van der Waals surface area contributed by atoms with Crippen LogP contribution in [0, 0.1) is 41.4 Å². The molecular weight excluding hydrogens is 352 g/mol. The Bertz CT molecular complexity index is 807. The lowest BCUT2D eigenvalue weighted by atomic mass is 9.50. The van der Waals surface area contributed by atoms with Crippen LogP contribution in [-0.2, 0) is 19.4 Å². The average molecular weight is 377 g/mol. The normalized spacial score (nSPS) is 45.1. The standard InChI is InChI=1S/C20H26O5S/c1-3-20(25-26(22,23)24)11-9-18-17-6-4-13-12-14(21)5-7-15(13)16(17)8-10-19(18,20)2/h1,12,15-18H,4-11H2,2H3,(H,22,23,24)/p-1. The molecule has 6 heteroatoms. The summed E-state index contributed by atoms with van der Waals surface area (Å²) in [7, 11) is -4.86. The molecule has 0 aliphatic heterocycles. The van der Waals surface area contributed by atoms with Gasteiger partial charge in [0.15, 0.2) is 11.4 Å². The molecule has 6 unspecified atom stereocenters. The van der Waals surface area contributed by atoms with Gasteiger partial charge in [-0.1, -0.05) is 18.4 Å². The first kappa shape index (κ1) is 18.2. The maximum Gasteiger partial charge on any atom is 0.219 e. The molecule has 0 saturated heterocycles. The van der Waals surface area contributed by atoms with E-state index in [1.54, 1.807) is 0 Å². The number of terminal acetylenes is 1. The minimum Gasteiger partial charge on any atom is -0.725 e. The Labute approximate surface area is 155 Å². The highest BCUT2D eigenvalue weighted by Gasteiger charge is 2.64. The fourth-order valence-corrected chi connectivity index (χ4v) is 7.42. The van der Waals surface area contributed by atoms with Crippen molar-refractivity contribution in [3.63, 3.8) is 0 Å². The molecule has 26 heavy (non-hydrogen) atoms. The van der Waals surface area contributed by atoms with Gasteiger partial charge in [-0.25, -0.2) is 8.42 Å². The molecule has 142 valence electrons. The minimum atomic E-state index is -4.86. The first-order valence-electron chi connectivity index (χ1n) is 9.57. The smallest absolute Gasteiger partial charge is 0.219 e. The third-order valence-electron chi connectivity index (χ3n) is 7.90. The zero-order valence-corrected chi connectivity index (χ0v) is 15.9. The quantitative estimate of drug-likeness (QED) is 0.420. The first-order valence-corrected chi connectivity index (χ1v) is 10.9. The van der Waals surface area contributed by atoms with Crippen molar-refractivity contribution < 1.29 is 21.9 Å². The Kier molecular flexibility index (Phi) is 4.15. The Morgan fingerprint density at radius 2 is 1.96 bits per heavy atom. The molecule has 3 fully saturated rings. The van der Waals surface area contributed by atoms with Gasteiger partial charge in [0.1, 0.15) is 0 Å². The second kappa shape index (κ2) is 5.92. The van der Waals surface area contributed by atoms with Gasteiger partial charge < -0.3 is 4.55 Å². The molecule has 0 bridgehead atoms. The molecule has 0 radical (unpaired) electrons. The Morgan fingerprint density at radius 1 is 1.19 bits per heavy atom. The first-order chi connectivity index (χ1) is 12.2. The van der Waals surface area contributed by atoms with Gasteiger partial charge in [-0.05, 0) is 74.7 Å². The second-order valence-corrected chi connectivity index (χ2v) is 9.74. The molecule has 5 nitrogen and oxygen atoms in total. The molecule has 0 aromatic rings. The van der Waals surface area contributed by atoms with Crippen LogP contribution in [0.2, 0.25) is 0 Å². The van der Waals surface area contributed by atoms with Crippen LogP contribution in [0.5, 0.6) is 0 Å². The Hall–Kier alpha value is -1.16. The van der Waals surface area contributed by atoms with E-state index in [2.05, 4.69) is 5.92 Å². The lowest BCUT2D eigenvalue weighted by Crippen LogP contribution is -2.53. The SMILES string of the molecule is C#CC1(OS(=O)(=O)[O-])CCC2C3CCC4=CC(=O)CCC4C3CCC21C. The van der Waals surface area contributed by atoms with Crippen LogP contribution in [0.15, 0.2) is 11.6 Å². The van der Waals surface area contributed by atoms with Crippen LogP contribution in [0.4, 0.5) is 0 Å². The van der Waals surface area contributed by atoms with Gasteiger partial charge in [0.2, 0.25) is 10.4 Å². The molecule has 0 heterocycles. The van der Waals surface area contributed by atoms with E-state index in [9.17, 15) is 17.8 Å². The number of ketones is 1. The predicted molar refractivity (Wildman–Crippen MR) is 94.4 cm³/mol. The van der Waals surface area contributed by atoms with Gasteiger partial charge in [-0.2, -0.15) is 0 Å². The van der Waals surface area contributed by atoms with Crippen molar-refractivity contribution in [1.82, 2.24) is 0 Å². The summed E-state index contributed by atoms with van der Waals surface area (Å²) in [6.07, 6.45) is 14.0. The summed E-state index contributed by atoms with van der Waals surface area (Å²) in [5, 5.41) is 0. The van der Waals surface area contributed by atoms with E-state index < -0.39 is 21.4 Å². The van der Waals surface area contributed by atoms with Crippen molar-refractivity contribution in [3.8, 4) is 12.3 Å². The van der Waals surface area contributed by atoms with Crippen LogP contribution in [0.3, 0.4) is 0 Å². The predicted octanol–water partition coefficient (Wildman–Crippen LogP) is 2.98. The number of hydrogen-bond acceptors (Lipinski definition) is 5. The zero-order chi connectivity index (χ0) is 18.7. The van der Waals surface area contributed by atoms with Crippen LogP contribution in [0.1, 0.15) is 58.3 Å². The summed E-state index contributed by atoms with van der Waals surface area (Å²) in [6.45, 7) is 2.02. The van der Waals surface area contributed by atoms with E-state index in [-0.39, 0.29) is 11.7 Å². The minimum absolute atomic E-state index is 0.247. The number of fused-ring (bicyclic) bond motifs is 5. The van der Waals surface area contributed by atoms with E-state index >= 15 is 0 Å². The fraction of sp³-hybridized carbons (Fsp3) is 0.750. The van der Waals surface area contributed by atoms with E-state index in [1.165, 1.54) is 5.57 Å². The molecule has 3 saturated carbocycles. The number of allylic oxidation sites excluding steroid dienone is 1. The summed E-state index contributed by atoms with van der Waals surface area (Å²) >= 11 is 0. The van der Waals surface area contributed by atoms with Crippen molar-refractivity contribution in [2.24, 2.45) is 29.1 Å². The molecule has 0 aromatic heterocycles. The van der Waals surface area contributed by atoms with Crippen molar-refractivity contribution in [1.29, 1.82) is 0 Å². The highest BCUT2D eigenvalue weighted by atomic mass is 32.3. The molecule has 4 aliphatic rings. The van der Waals surface area contributed by atoms with Crippen molar-refractivity contribution >= 4 is 16.2 Å². The van der Waals surface area contributed by atoms with Gasteiger partial charge in [-0.3, -0.25) is 8.98 Å². The zero-order valence-electron chi connectivity index (χ0n) is 15.1. The van der Waals surface area contributed by atoms with Crippen LogP contribution < -0.4 is 0 Å². The molecular formula is C20H25O5S-. The molecule has 0 N–H and O–H groups in total. The fourth-order valence-electron chi connectivity index (χ4n) is 6.75. The third-order valence-corrected chi connectivity index (χ3v) is 8.39. The molecule has 4 rings (SSSR count). The monoisotopic (exact) mass is 377 g/mol. The lowest BCUT2D eigenvalue weighted by Gasteiger charge is -2.55. The highest BCUT2D eigenvalue weighted by molar-refractivity contribution is 7.80. The van der Waals surface area contributed by atoms with Crippen LogP contribution in [0.25, 0.3) is 0 Å². The summed E-state index contributed by atoms with van der Waals surface area (Å²) < 4.78 is 39.1. The van der Waals surface area contributed by atoms with E-state index in [1.807, 2.05) is 13.0 Å². The maximum atomic E-state index is 11.8. The van der Waals surface area contributed by atoms with Crippen LogP contribution in [-0.4, -0.2) is 24.4 Å². The number of rotatable bonds is 2. The second-order valence-electron chi connectivity index (χ2n) is 8.76. The van der Waals surface area contributed by atoms with E-state index in [4.69, 9.17) is 10.6 Å². The summed E-state index contributed by atoms with van der Waals surface area (Å²) in [5.74, 6) is 4.54. The van der Waals surface area contributed by atoms with E-state index in [0.717, 1.165) is 38.5 Å². The Morgan fingerprint density at radius 3 is 2.65 bits per heavy atom. The molecule has 6 atom stereocenters. The summed E-state index contributed by atoms with van der Waals surface area (Å²) in [4.78, 5) is 11.8. The lowest BCUT2D eigenvalue weighted by molar-refractivity contribution is -0.116. The van der Waals surface area contributed by atoms with Gasteiger partial charge in [-0.15, -0.1) is 6.42 Å². The summed E-state index contributed by atoms with van der Waals surface area (Å²) in [5.41, 5.74) is -0.501. The third kappa shape index (κ3) is 2.59. The topological polar surface area (TPSA) is 83.5 Å². The number of hydrogen-bond donors (Lipinski definition) is 0. The summed E-state index contributed by atoms with van der Waals surface area (Å²) in [6, 6.07) is 0. The number of carbonyl (C=O) groups is 1. The van der Waals surface area contributed by atoms with Gasteiger partial charge >= 0.3 is 0 Å². The van der Waals surface area contributed by atoms with Crippen molar-refractivity contribution in [3.05, 3.63) is 11.6 Å². The highest BCUT2D eigenvalue weighted by Crippen LogP contribution is 2.65. The van der Waals surface area contributed by atoms with Gasteiger partial charge in [0, 0.05) is 11.8 Å².